The number of hydrogen-bond acceptors (Lipinski definition) is 7. The maximum absolute atomic E-state index is 4.74. The Labute approximate surface area is 144 Å². The third kappa shape index (κ3) is 2.99. The second kappa shape index (κ2) is 6.20. The standard InChI is InChI=1S/C18H16N6O/c1-11-7-6-10-14(12(11)2)20-16-15(19-13-8-4-3-5-9-13)21-17-18(22-16)24-25-23-17/h3-10H,1-2H3,(H,19,21,23)(H,20,22,24). The monoisotopic (exact) mass is 332 g/mol. The van der Waals surface area contributed by atoms with E-state index in [1.807, 2.05) is 42.5 Å². The molecule has 0 aliphatic rings. The summed E-state index contributed by atoms with van der Waals surface area (Å²) in [5.74, 6) is 1.11. The number of benzene rings is 2. The third-order valence-corrected chi connectivity index (χ3v) is 4.01. The van der Waals surface area contributed by atoms with Crippen LogP contribution in [-0.4, -0.2) is 20.3 Å². The van der Waals surface area contributed by atoms with Crippen LogP contribution in [0.3, 0.4) is 0 Å². The molecular weight excluding hydrogens is 316 g/mol. The van der Waals surface area contributed by atoms with Gasteiger partial charge in [-0.1, -0.05) is 30.3 Å². The SMILES string of the molecule is Cc1cccc(Nc2nc3nonc3nc2Nc2ccccc2)c1C. The van der Waals surface area contributed by atoms with Gasteiger partial charge in [0.05, 0.1) is 0 Å². The molecule has 0 amide bonds. The Morgan fingerprint density at radius 1 is 0.760 bits per heavy atom. The van der Waals surface area contributed by atoms with Crippen molar-refractivity contribution in [1.29, 1.82) is 0 Å². The van der Waals surface area contributed by atoms with Crippen LogP contribution in [0.1, 0.15) is 11.1 Å². The van der Waals surface area contributed by atoms with Gasteiger partial charge in [0.1, 0.15) is 0 Å². The van der Waals surface area contributed by atoms with Crippen molar-refractivity contribution in [3.8, 4) is 0 Å². The Bertz CT molecular complexity index is 1030. The molecule has 25 heavy (non-hydrogen) atoms. The third-order valence-electron chi connectivity index (χ3n) is 4.01. The van der Waals surface area contributed by atoms with Gasteiger partial charge in [-0.25, -0.2) is 14.6 Å². The number of aromatic nitrogens is 4. The van der Waals surface area contributed by atoms with Crippen molar-refractivity contribution >= 4 is 34.3 Å². The lowest BCUT2D eigenvalue weighted by molar-refractivity contribution is 0.314. The first kappa shape index (κ1) is 15.1. The molecule has 2 N–H and O–H groups in total. The van der Waals surface area contributed by atoms with Crippen LogP contribution in [0, 0.1) is 13.8 Å². The average molecular weight is 332 g/mol. The van der Waals surface area contributed by atoms with Crippen molar-refractivity contribution in [1.82, 2.24) is 20.3 Å². The number of hydrogen-bond donors (Lipinski definition) is 2. The van der Waals surface area contributed by atoms with Gasteiger partial charge in [-0.3, -0.25) is 0 Å². The molecule has 0 saturated heterocycles. The van der Waals surface area contributed by atoms with Gasteiger partial charge in [0.25, 0.3) is 0 Å². The second-order valence-corrected chi connectivity index (χ2v) is 5.70. The predicted molar refractivity (Wildman–Crippen MR) is 96.3 cm³/mol. The van der Waals surface area contributed by atoms with Crippen LogP contribution < -0.4 is 10.6 Å². The minimum Gasteiger partial charge on any atom is -0.337 e. The Morgan fingerprint density at radius 3 is 2.16 bits per heavy atom. The molecule has 124 valence electrons. The molecule has 0 fully saturated rings. The average Bonchev–Trinajstić information content (AvgIpc) is 3.07. The van der Waals surface area contributed by atoms with Gasteiger partial charge < -0.3 is 10.6 Å². The Kier molecular flexibility index (Phi) is 3.74. The topological polar surface area (TPSA) is 88.8 Å². The fourth-order valence-corrected chi connectivity index (χ4v) is 2.48. The molecule has 4 aromatic rings. The Balaban J connectivity index is 1.78. The number of nitrogens with zero attached hydrogens (tertiary/aromatic N) is 4. The van der Waals surface area contributed by atoms with E-state index in [-0.39, 0.29) is 0 Å². The first-order chi connectivity index (χ1) is 12.2. The van der Waals surface area contributed by atoms with Crippen molar-refractivity contribution in [3.05, 3.63) is 59.7 Å². The van der Waals surface area contributed by atoms with Crippen LogP contribution >= 0.6 is 0 Å². The number of para-hydroxylation sites is 1. The molecule has 0 atom stereocenters. The smallest absolute Gasteiger partial charge is 0.245 e. The van der Waals surface area contributed by atoms with Crippen molar-refractivity contribution in [2.45, 2.75) is 13.8 Å². The van der Waals surface area contributed by atoms with Crippen LogP contribution in [0.2, 0.25) is 0 Å². The van der Waals surface area contributed by atoms with E-state index in [0.29, 0.717) is 22.9 Å². The zero-order valence-electron chi connectivity index (χ0n) is 13.8. The van der Waals surface area contributed by atoms with Gasteiger partial charge in [0.15, 0.2) is 11.6 Å². The normalized spacial score (nSPS) is 10.8. The Hall–Kier alpha value is -3.48. The molecule has 0 saturated carbocycles. The first-order valence-corrected chi connectivity index (χ1v) is 7.86. The second-order valence-electron chi connectivity index (χ2n) is 5.70. The molecule has 0 aliphatic heterocycles. The highest BCUT2D eigenvalue weighted by Gasteiger charge is 2.14. The maximum atomic E-state index is 4.74. The predicted octanol–water partition coefficient (Wildman–Crippen LogP) is 4.12. The molecule has 0 radical (unpaired) electrons. The molecule has 0 aliphatic carbocycles. The van der Waals surface area contributed by atoms with Crippen molar-refractivity contribution < 1.29 is 4.63 Å². The summed E-state index contributed by atoms with van der Waals surface area (Å²) in [6.45, 7) is 4.13. The van der Waals surface area contributed by atoms with Crippen LogP contribution in [-0.2, 0) is 0 Å². The summed E-state index contributed by atoms with van der Waals surface area (Å²) >= 11 is 0. The summed E-state index contributed by atoms with van der Waals surface area (Å²) in [5, 5.41) is 14.2. The van der Waals surface area contributed by atoms with Gasteiger partial charge >= 0.3 is 0 Å². The minimum atomic E-state index is 0.352. The molecule has 7 heteroatoms. The van der Waals surface area contributed by atoms with Gasteiger partial charge in [0, 0.05) is 11.4 Å². The number of rotatable bonds is 4. The quantitative estimate of drug-likeness (QED) is 0.581. The fraction of sp³-hybridized carbons (Fsp3) is 0.111. The highest BCUT2D eigenvalue weighted by molar-refractivity contribution is 5.79. The number of anilines is 4. The summed E-state index contributed by atoms with van der Waals surface area (Å²) in [6.07, 6.45) is 0. The zero-order chi connectivity index (χ0) is 17.2. The van der Waals surface area contributed by atoms with E-state index in [0.717, 1.165) is 16.9 Å². The summed E-state index contributed by atoms with van der Waals surface area (Å²) < 4.78 is 4.74. The number of nitrogens with one attached hydrogen (secondary N) is 2. The summed E-state index contributed by atoms with van der Waals surface area (Å²) in [5.41, 5.74) is 4.90. The highest BCUT2D eigenvalue weighted by atomic mass is 16.6. The minimum absolute atomic E-state index is 0.352. The van der Waals surface area contributed by atoms with Gasteiger partial charge in [-0.15, -0.1) is 0 Å². The van der Waals surface area contributed by atoms with E-state index in [4.69, 9.17) is 4.63 Å². The van der Waals surface area contributed by atoms with E-state index in [1.165, 1.54) is 5.56 Å². The Morgan fingerprint density at radius 2 is 1.44 bits per heavy atom. The van der Waals surface area contributed by atoms with E-state index in [2.05, 4.69) is 50.8 Å². The van der Waals surface area contributed by atoms with Crippen molar-refractivity contribution in [2.75, 3.05) is 10.6 Å². The summed E-state index contributed by atoms with van der Waals surface area (Å²) in [6, 6.07) is 15.8. The van der Waals surface area contributed by atoms with Gasteiger partial charge in [-0.2, -0.15) is 0 Å². The van der Waals surface area contributed by atoms with Crippen molar-refractivity contribution in [3.63, 3.8) is 0 Å². The summed E-state index contributed by atoms with van der Waals surface area (Å²) in [7, 11) is 0. The van der Waals surface area contributed by atoms with Gasteiger partial charge in [0.2, 0.25) is 11.3 Å². The molecule has 2 heterocycles. The highest BCUT2D eigenvalue weighted by Crippen LogP contribution is 2.28. The molecule has 0 unspecified atom stereocenters. The largest absolute Gasteiger partial charge is 0.337 e. The zero-order valence-corrected chi connectivity index (χ0v) is 13.8. The van der Waals surface area contributed by atoms with E-state index in [9.17, 15) is 0 Å². The molecule has 4 rings (SSSR count). The lowest BCUT2D eigenvalue weighted by atomic mass is 10.1. The summed E-state index contributed by atoms with van der Waals surface area (Å²) in [4.78, 5) is 8.97. The molecule has 2 aromatic heterocycles. The van der Waals surface area contributed by atoms with Crippen molar-refractivity contribution in [2.24, 2.45) is 0 Å². The van der Waals surface area contributed by atoms with Crippen LogP contribution in [0.25, 0.3) is 11.3 Å². The molecule has 0 bridgehead atoms. The molecule has 7 nitrogen and oxygen atoms in total. The molecular formula is C18H16N6O. The van der Waals surface area contributed by atoms with Crippen LogP contribution in [0.5, 0.6) is 0 Å². The fourth-order valence-electron chi connectivity index (χ4n) is 2.48. The number of aryl methyl sites for hydroxylation is 1. The first-order valence-electron chi connectivity index (χ1n) is 7.86. The molecule has 2 aromatic carbocycles. The van der Waals surface area contributed by atoms with E-state index < -0.39 is 0 Å². The van der Waals surface area contributed by atoms with Gasteiger partial charge in [-0.05, 0) is 53.5 Å². The van der Waals surface area contributed by atoms with E-state index in [1.54, 1.807) is 0 Å². The van der Waals surface area contributed by atoms with E-state index >= 15 is 0 Å². The lowest BCUT2D eigenvalue weighted by Gasteiger charge is -2.14. The molecule has 0 spiro atoms. The maximum Gasteiger partial charge on any atom is 0.245 e. The van der Waals surface area contributed by atoms with Crippen LogP contribution in [0.4, 0.5) is 23.0 Å². The van der Waals surface area contributed by atoms with Crippen LogP contribution in [0.15, 0.2) is 53.2 Å². The number of fused-ring (bicyclic) bond motifs is 1. The lowest BCUT2D eigenvalue weighted by Crippen LogP contribution is -2.04.